The van der Waals surface area contributed by atoms with E-state index >= 15 is 0 Å². The average molecular weight is 400 g/mol. The molecule has 0 saturated heterocycles. The monoisotopic (exact) mass is 399 g/mol. The summed E-state index contributed by atoms with van der Waals surface area (Å²) in [6, 6.07) is 15.6. The molecule has 26 heavy (non-hydrogen) atoms. The van der Waals surface area contributed by atoms with Gasteiger partial charge >= 0.3 is 0 Å². The van der Waals surface area contributed by atoms with Crippen LogP contribution in [0.1, 0.15) is 5.89 Å². The minimum Gasteiger partial charge on any atom is -0.440 e. The summed E-state index contributed by atoms with van der Waals surface area (Å²) in [6.07, 6.45) is 0. The molecule has 0 spiro atoms. The third kappa shape index (κ3) is 2.78. The first kappa shape index (κ1) is 15.9. The molecule has 0 amide bonds. The number of oxazole rings is 1. The molecule has 0 aliphatic heterocycles. The number of para-hydroxylation sites is 2. The van der Waals surface area contributed by atoms with Crippen LogP contribution in [-0.4, -0.2) is 15.2 Å². The number of hydrogen-bond acceptors (Lipinski definition) is 7. The number of hydrogen-bond donors (Lipinski definition) is 0. The second kappa shape index (κ2) is 6.42. The molecule has 0 saturated carbocycles. The van der Waals surface area contributed by atoms with E-state index in [1.807, 2.05) is 48.5 Å². The van der Waals surface area contributed by atoms with Gasteiger partial charge in [0.2, 0.25) is 5.89 Å². The second-order valence-corrected chi connectivity index (χ2v) is 7.84. The van der Waals surface area contributed by atoms with Crippen LogP contribution in [0.15, 0.2) is 62.6 Å². The van der Waals surface area contributed by atoms with E-state index in [9.17, 15) is 0 Å². The van der Waals surface area contributed by atoms with Crippen molar-refractivity contribution in [2.24, 2.45) is 0 Å². The van der Waals surface area contributed by atoms with Crippen LogP contribution in [0.5, 0.6) is 0 Å². The molecule has 5 rings (SSSR count). The fraction of sp³-hybridized carbons (Fsp3) is 0.0556. The number of halogens is 1. The van der Waals surface area contributed by atoms with Gasteiger partial charge in [0, 0.05) is 10.1 Å². The quantitative estimate of drug-likeness (QED) is 0.343. The van der Waals surface area contributed by atoms with Crippen molar-refractivity contribution in [3.8, 4) is 10.8 Å². The number of fused-ring (bicyclic) bond motifs is 2. The molecule has 5 aromatic rings. The molecule has 8 heteroatoms. The molecule has 0 N–H and O–H groups in total. The van der Waals surface area contributed by atoms with Gasteiger partial charge < -0.3 is 8.83 Å². The first-order chi connectivity index (χ1) is 12.8. The molecule has 0 aliphatic carbocycles. The van der Waals surface area contributed by atoms with Crippen molar-refractivity contribution in [2.75, 3.05) is 0 Å². The Hall–Kier alpha value is -2.35. The van der Waals surface area contributed by atoms with E-state index in [-0.39, 0.29) is 0 Å². The van der Waals surface area contributed by atoms with Crippen LogP contribution in [-0.2, 0) is 5.75 Å². The molecule has 0 fully saturated rings. The highest BCUT2D eigenvalue weighted by atomic mass is 35.5. The average Bonchev–Trinajstić information content (AvgIpc) is 3.37. The van der Waals surface area contributed by atoms with Crippen LogP contribution in [0.2, 0.25) is 5.02 Å². The van der Waals surface area contributed by atoms with Gasteiger partial charge in [-0.25, -0.2) is 4.98 Å². The van der Waals surface area contributed by atoms with Crippen molar-refractivity contribution in [3.05, 3.63) is 59.4 Å². The van der Waals surface area contributed by atoms with Gasteiger partial charge in [-0.1, -0.05) is 53.7 Å². The van der Waals surface area contributed by atoms with Gasteiger partial charge in [0.25, 0.3) is 11.1 Å². The third-order valence-electron chi connectivity index (χ3n) is 3.79. The highest BCUT2D eigenvalue weighted by Gasteiger charge is 2.18. The molecule has 3 aromatic heterocycles. The van der Waals surface area contributed by atoms with E-state index in [2.05, 4.69) is 15.2 Å². The van der Waals surface area contributed by atoms with Gasteiger partial charge in [-0.05, 0) is 18.2 Å². The molecule has 0 atom stereocenters. The number of thiophene rings is 1. The first-order valence-electron chi connectivity index (χ1n) is 7.76. The lowest BCUT2D eigenvalue weighted by molar-refractivity contribution is 0.465. The van der Waals surface area contributed by atoms with Crippen molar-refractivity contribution in [2.45, 2.75) is 11.0 Å². The Morgan fingerprint density at radius 2 is 1.85 bits per heavy atom. The van der Waals surface area contributed by atoms with Gasteiger partial charge in [0.05, 0.1) is 10.8 Å². The Kier molecular flexibility index (Phi) is 3.92. The summed E-state index contributed by atoms with van der Waals surface area (Å²) in [5.74, 6) is 1.56. The number of nitrogens with zero attached hydrogens (tertiary/aromatic N) is 3. The zero-order valence-corrected chi connectivity index (χ0v) is 15.6. The Labute approximate surface area is 161 Å². The van der Waals surface area contributed by atoms with Gasteiger partial charge in [0.1, 0.15) is 10.4 Å². The lowest BCUT2D eigenvalue weighted by atomic mass is 10.2. The SMILES string of the molecule is Clc1c(-c2nnc(SCc3nc4ccccc4o3)o2)sc2ccccc12. The topological polar surface area (TPSA) is 65.0 Å². The standard InChI is InChI=1S/C18H10ClN3O2S2/c19-15-10-5-1-4-8-13(10)26-16(15)17-21-22-18(24-17)25-9-14-20-11-6-2-3-7-12(11)23-14/h1-8H,9H2. The van der Waals surface area contributed by atoms with Crippen LogP contribution in [0.25, 0.3) is 32.0 Å². The summed E-state index contributed by atoms with van der Waals surface area (Å²) in [6.45, 7) is 0. The summed E-state index contributed by atoms with van der Waals surface area (Å²) in [5.41, 5.74) is 1.61. The van der Waals surface area contributed by atoms with Crippen molar-refractivity contribution >= 4 is 55.9 Å². The summed E-state index contributed by atoms with van der Waals surface area (Å²) in [7, 11) is 0. The van der Waals surface area contributed by atoms with Crippen molar-refractivity contribution in [1.82, 2.24) is 15.2 Å². The van der Waals surface area contributed by atoms with Gasteiger partial charge in [-0.2, -0.15) is 0 Å². The molecular weight excluding hydrogens is 390 g/mol. The summed E-state index contributed by atoms with van der Waals surface area (Å²) in [4.78, 5) is 5.23. The van der Waals surface area contributed by atoms with Gasteiger partial charge in [0.15, 0.2) is 5.58 Å². The smallest absolute Gasteiger partial charge is 0.277 e. The fourth-order valence-electron chi connectivity index (χ4n) is 2.62. The fourth-order valence-corrected chi connectivity index (χ4v) is 4.66. The number of thioether (sulfide) groups is 1. The lowest BCUT2D eigenvalue weighted by Crippen LogP contribution is -1.79. The maximum absolute atomic E-state index is 6.47. The van der Waals surface area contributed by atoms with E-state index in [1.165, 1.54) is 23.1 Å². The normalized spacial score (nSPS) is 11.6. The lowest BCUT2D eigenvalue weighted by Gasteiger charge is -1.92. The van der Waals surface area contributed by atoms with Crippen LogP contribution >= 0.6 is 34.7 Å². The summed E-state index contributed by atoms with van der Waals surface area (Å²) >= 11 is 9.39. The molecule has 2 aromatic carbocycles. The minimum absolute atomic E-state index is 0.427. The maximum atomic E-state index is 6.47. The molecule has 0 aliphatic rings. The Bertz CT molecular complexity index is 1190. The van der Waals surface area contributed by atoms with Gasteiger partial charge in [-0.15, -0.1) is 21.5 Å². The Morgan fingerprint density at radius 1 is 1.00 bits per heavy atom. The molecule has 128 valence electrons. The third-order valence-corrected chi connectivity index (χ3v) is 6.26. The Balaban J connectivity index is 1.38. The molecule has 0 radical (unpaired) electrons. The van der Waals surface area contributed by atoms with Crippen molar-refractivity contribution in [3.63, 3.8) is 0 Å². The zero-order chi connectivity index (χ0) is 17.5. The highest BCUT2D eigenvalue weighted by Crippen LogP contribution is 2.41. The summed E-state index contributed by atoms with van der Waals surface area (Å²) in [5, 5.41) is 10.3. The zero-order valence-electron chi connectivity index (χ0n) is 13.2. The molecule has 0 bridgehead atoms. The summed E-state index contributed by atoms with van der Waals surface area (Å²) < 4.78 is 12.6. The van der Waals surface area contributed by atoms with Crippen LogP contribution in [0.4, 0.5) is 0 Å². The molecule has 0 unspecified atom stereocenters. The predicted molar refractivity (Wildman–Crippen MR) is 104 cm³/mol. The van der Waals surface area contributed by atoms with Crippen molar-refractivity contribution < 1.29 is 8.83 Å². The molecule has 5 nitrogen and oxygen atoms in total. The minimum atomic E-state index is 0.427. The van der Waals surface area contributed by atoms with E-state index in [0.717, 1.165) is 26.1 Å². The number of rotatable bonds is 4. The number of aromatic nitrogens is 3. The predicted octanol–water partition coefficient (Wildman–Crippen LogP) is 6.04. The van der Waals surface area contributed by atoms with Crippen LogP contribution in [0, 0.1) is 0 Å². The van der Waals surface area contributed by atoms with E-state index in [4.69, 9.17) is 20.4 Å². The largest absolute Gasteiger partial charge is 0.440 e. The maximum Gasteiger partial charge on any atom is 0.277 e. The second-order valence-electron chi connectivity index (χ2n) is 5.48. The number of benzene rings is 2. The first-order valence-corrected chi connectivity index (χ1v) is 9.94. The van der Waals surface area contributed by atoms with Crippen LogP contribution in [0.3, 0.4) is 0 Å². The van der Waals surface area contributed by atoms with E-state index in [0.29, 0.717) is 27.8 Å². The Morgan fingerprint density at radius 3 is 2.73 bits per heavy atom. The van der Waals surface area contributed by atoms with Gasteiger partial charge in [-0.3, -0.25) is 0 Å². The van der Waals surface area contributed by atoms with E-state index in [1.54, 1.807) is 0 Å². The highest BCUT2D eigenvalue weighted by molar-refractivity contribution is 7.98. The molecular formula is C18H10ClN3O2S2. The van der Waals surface area contributed by atoms with Crippen molar-refractivity contribution in [1.29, 1.82) is 0 Å². The van der Waals surface area contributed by atoms with E-state index < -0.39 is 0 Å². The molecule has 3 heterocycles. The van der Waals surface area contributed by atoms with Crippen LogP contribution < -0.4 is 0 Å².